The van der Waals surface area contributed by atoms with Crippen LogP contribution >= 0.6 is 15.9 Å². The van der Waals surface area contributed by atoms with Crippen LogP contribution in [0.1, 0.15) is 19.8 Å². The molecule has 0 aromatic heterocycles. The minimum Gasteiger partial charge on any atom is -0.430 e. The van der Waals surface area contributed by atoms with Gasteiger partial charge < -0.3 is 4.74 Å². The predicted octanol–water partition coefficient (Wildman–Crippen LogP) is 2.20. The number of hydrogen-bond donors (Lipinski definition) is 0. The van der Waals surface area contributed by atoms with Gasteiger partial charge in [-0.2, -0.15) is 0 Å². The van der Waals surface area contributed by atoms with E-state index >= 15 is 0 Å². The Morgan fingerprint density at radius 3 is 2.90 bits per heavy atom. The van der Waals surface area contributed by atoms with Crippen molar-refractivity contribution in [3.63, 3.8) is 0 Å². The van der Waals surface area contributed by atoms with Gasteiger partial charge in [0, 0.05) is 17.8 Å². The van der Waals surface area contributed by atoms with E-state index in [2.05, 4.69) is 15.9 Å². The van der Waals surface area contributed by atoms with Gasteiger partial charge in [-0.05, 0) is 5.92 Å². The van der Waals surface area contributed by atoms with Gasteiger partial charge in [0.2, 0.25) is 0 Å². The second kappa shape index (κ2) is 3.19. The molecule has 1 atom stereocenters. The zero-order valence-electron chi connectivity index (χ0n) is 5.76. The topological polar surface area (TPSA) is 26.3 Å². The van der Waals surface area contributed by atoms with Crippen molar-refractivity contribution in [2.24, 2.45) is 5.92 Å². The van der Waals surface area contributed by atoms with Crippen LogP contribution in [0.25, 0.3) is 0 Å². The molecular weight excluding hydrogens is 196 g/mol. The monoisotopic (exact) mass is 204 g/mol. The summed E-state index contributed by atoms with van der Waals surface area (Å²) in [5.74, 6) is 1.04. The van der Waals surface area contributed by atoms with Gasteiger partial charge in [-0.1, -0.05) is 22.9 Å². The fourth-order valence-corrected chi connectivity index (χ4v) is 1.28. The molecule has 3 heteroatoms. The van der Waals surface area contributed by atoms with Gasteiger partial charge in [0.25, 0.3) is 0 Å². The Labute approximate surface area is 68.4 Å². The summed E-state index contributed by atoms with van der Waals surface area (Å²) in [6.07, 6.45) is 1.40. The lowest BCUT2D eigenvalue weighted by molar-refractivity contribution is -0.143. The summed E-state index contributed by atoms with van der Waals surface area (Å²) < 4.78 is 4.88. The molecule has 0 bridgehead atoms. The van der Waals surface area contributed by atoms with E-state index in [0.717, 1.165) is 12.2 Å². The lowest BCUT2D eigenvalue weighted by Gasteiger charge is -2.18. The Bertz CT molecular complexity index is 174. The van der Waals surface area contributed by atoms with Crippen molar-refractivity contribution in [1.29, 1.82) is 0 Å². The molecule has 0 aromatic rings. The van der Waals surface area contributed by atoms with E-state index in [1.54, 1.807) is 4.99 Å². The molecule has 0 aliphatic carbocycles. The van der Waals surface area contributed by atoms with Gasteiger partial charge >= 0.3 is 5.97 Å². The van der Waals surface area contributed by atoms with Crippen molar-refractivity contribution in [2.45, 2.75) is 19.8 Å². The molecule has 1 aliphatic heterocycles. The van der Waals surface area contributed by atoms with Gasteiger partial charge in [-0.3, -0.25) is 4.79 Å². The van der Waals surface area contributed by atoms with Crippen LogP contribution in [0.4, 0.5) is 0 Å². The normalized spacial score (nSPS) is 30.4. The molecule has 0 aromatic carbocycles. The Morgan fingerprint density at radius 1 is 1.70 bits per heavy atom. The van der Waals surface area contributed by atoms with Crippen molar-refractivity contribution >= 4 is 21.9 Å². The number of carbonyl (C=O) groups is 1. The second-order valence-electron chi connectivity index (χ2n) is 2.56. The number of cyclic esters (lactones) is 1. The fraction of sp³-hybridized carbons (Fsp3) is 0.571. The summed E-state index contributed by atoms with van der Waals surface area (Å²) in [5, 5.41) is 0. The van der Waals surface area contributed by atoms with Crippen LogP contribution in [0.15, 0.2) is 10.7 Å². The van der Waals surface area contributed by atoms with Crippen LogP contribution in [0, 0.1) is 5.92 Å². The minimum atomic E-state index is -0.121. The van der Waals surface area contributed by atoms with E-state index < -0.39 is 0 Å². The first kappa shape index (κ1) is 7.79. The number of ether oxygens (including phenoxy) is 1. The van der Waals surface area contributed by atoms with Crippen molar-refractivity contribution in [2.75, 3.05) is 0 Å². The summed E-state index contributed by atoms with van der Waals surface area (Å²) >= 11 is 3.13. The zero-order valence-corrected chi connectivity index (χ0v) is 7.35. The molecule has 1 fully saturated rings. The average Bonchev–Trinajstić information content (AvgIpc) is 1.85. The third-order valence-corrected chi connectivity index (χ3v) is 1.94. The molecule has 1 heterocycles. The summed E-state index contributed by atoms with van der Waals surface area (Å²) in [5.41, 5.74) is 0. The van der Waals surface area contributed by atoms with Gasteiger partial charge in [-0.25, -0.2) is 0 Å². The lowest BCUT2D eigenvalue weighted by Crippen LogP contribution is -2.16. The molecular formula is C7H9BrO2. The molecule has 0 saturated carbocycles. The Balaban J connectivity index is 2.59. The maximum atomic E-state index is 10.8. The number of allylic oxidation sites excluding steroid dienone is 1. The highest BCUT2D eigenvalue weighted by Gasteiger charge is 2.20. The number of rotatable bonds is 0. The highest BCUT2D eigenvalue weighted by molar-refractivity contribution is 9.11. The number of esters is 1. The number of hydrogen-bond acceptors (Lipinski definition) is 2. The van der Waals surface area contributed by atoms with Gasteiger partial charge in [-0.15, -0.1) is 0 Å². The first-order chi connectivity index (χ1) is 4.72. The second-order valence-corrected chi connectivity index (χ2v) is 3.02. The first-order valence-electron chi connectivity index (χ1n) is 3.22. The van der Waals surface area contributed by atoms with Crippen LogP contribution in [0.2, 0.25) is 0 Å². The highest BCUT2D eigenvalue weighted by Crippen LogP contribution is 2.23. The smallest absolute Gasteiger partial charge is 0.311 e. The average molecular weight is 205 g/mol. The standard InChI is InChI=1S/C7H9BrO2/c1-5-2-6(4-8)10-7(9)3-5/h4-5H,2-3H2,1H3/b6-4+. The maximum Gasteiger partial charge on any atom is 0.311 e. The van der Waals surface area contributed by atoms with Crippen LogP contribution in [-0.4, -0.2) is 5.97 Å². The molecule has 1 saturated heterocycles. The van der Waals surface area contributed by atoms with E-state index in [-0.39, 0.29) is 5.97 Å². The Morgan fingerprint density at radius 2 is 2.40 bits per heavy atom. The number of halogens is 1. The Kier molecular flexibility index (Phi) is 2.49. The van der Waals surface area contributed by atoms with Gasteiger partial charge in [0.05, 0.1) is 0 Å². The molecule has 10 heavy (non-hydrogen) atoms. The lowest BCUT2D eigenvalue weighted by atomic mass is 10.0. The van der Waals surface area contributed by atoms with Crippen LogP contribution in [-0.2, 0) is 9.53 Å². The summed E-state index contributed by atoms with van der Waals surface area (Å²) in [4.78, 5) is 12.4. The van der Waals surface area contributed by atoms with Gasteiger partial charge in [0.15, 0.2) is 0 Å². The summed E-state index contributed by atoms with van der Waals surface area (Å²) in [6.45, 7) is 2.04. The molecule has 1 rings (SSSR count). The van der Waals surface area contributed by atoms with Gasteiger partial charge in [0.1, 0.15) is 5.76 Å². The van der Waals surface area contributed by atoms with E-state index in [9.17, 15) is 4.79 Å². The Hall–Kier alpha value is -0.310. The third kappa shape index (κ3) is 1.84. The molecule has 0 N–H and O–H groups in total. The molecule has 56 valence electrons. The first-order valence-corrected chi connectivity index (χ1v) is 4.14. The predicted molar refractivity (Wildman–Crippen MR) is 41.5 cm³/mol. The van der Waals surface area contributed by atoms with E-state index in [1.807, 2.05) is 6.92 Å². The quantitative estimate of drug-likeness (QED) is 0.566. The summed E-state index contributed by atoms with van der Waals surface area (Å²) in [7, 11) is 0. The molecule has 0 radical (unpaired) electrons. The summed E-state index contributed by atoms with van der Waals surface area (Å²) in [6, 6.07) is 0. The third-order valence-electron chi connectivity index (χ3n) is 1.43. The fourth-order valence-electron chi connectivity index (χ4n) is 0.996. The van der Waals surface area contributed by atoms with E-state index in [0.29, 0.717) is 12.3 Å². The molecule has 1 unspecified atom stereocenters. The van der Waals surface area contributed by atoms with Crippen LogP contribution < -0.4 is 0 Å². The van der Waals surface area contributed by atoms with Crippen molar-refractivity contribution in [3.8, 4) is 0 Å². The van der Waals surface area contributed by atoms with Crippen molar-refractivity contribution in [3.05, 3.63) is 10.7 Å². The SMILES string of the molecule is CC1CC(=O)O/C(=C/Br)C1. The van der Waals surface area contributed by atoms with Crippen LogP contribution in [0.5, 0.6) is 0 Å². The van der Waals surface area contributed by atoms with E-state index in [4.69, 9.17) is 4.74 Å². The van der Waals surface area contributed by atoms with Crippen molar-refractivity contribution < 1.29 is 9.53 Å². The largest absolute Gasteiger partial charge is 0.430 e. The molecule has 1 aliphatic rings. The minimum absolute atomic E-state index is 0.121. The van der Waals surface area contributed by atoms with Crippen molar-refractivity contribution in [1.82, 2.24) is 0 Å². The molecule has 0 amide bonds. The molecule has 2 nitrogen and oxygen atoms in total. The maximum absolute atomic E-state index is 10.8. The van der Waals surface area contributed by atoms with Crippen LogP contribution in [0.3, 0.4) is 0 Å². The molecule has 0 spiro atoms. The van der Waals surface area contributed by atoms with E-state index in [1.165, 1.54) is 0 Å². The zero-order chi connectivity index (χ0) is 7.56. The number of carbonyl (C=O) groups excluding carboxylic acids is 1. The highest BCUT2D eigenvalue weighted by atomic mass is 79.9.